The molecule has 1 fully saturated rings. The second-order valence-corrected chi connectivity index (χ2v) is 5.82. The summed E-state index contributed by atoms with van der Waals surface area (Å²) in [5, 5.41) is 1.14. The summed E-state index contributed by atoms with van der Waals surface area (Å²) >= 11 is 3.57. The summed E-state index contributed by atoms with van der Waals surface area (Å²) in [5.41, 5.74) is 0. The molecule has 0 amide bonds. The summed E-state index contributed by atoms with van der Waals surface area (Å²) in [5.74, 6) is 1.64. The maximum atomic E-state index is 3.57. The normalized spacial score (nSPS) is 19.3. The van der Waals surface area contributed by atoms with Gasteiger partial charge in [-0.2, -0.15) is 0 Å². The fourth-order valence-electron chi connectivity index (χ4n) is 1.74. The van der Waals surface area contributed by atoms with Crippen LogP contribution in [-0.2, 0) is 0 Å². The quantitative estimate of drug-likeness (QED) is 0.634. The van der Waals surface area contributed by atoms with Crippen LogP contribution >= 0.6 is 15.9 Å². The molecule has 0 bridgehead atoms. The van der Waals surface area contributed by atoms with Gasteiger partial charge in [-0.05, 0) is 37.6 Å². The van der Waals surface area contributed by atoms with Crippen LogP contribution in [0, 0.1) is 11.8 Å². The van der Waals surface area contributed by atoms with E-state index in [2.05, 4.69) is 41.6 Å². The van der Waals surface area contributed by atoms with E-state index in [1.54, 1.807) is 0 Å². The summed E-state index contributed by atoms with van der Waals surface area (Å²) in [6.45, 7) is 9.56. The van der Waals surface area contributed by atoms with E-state index in [4.69, 9.17) is 0 Å². The molecule has 1 saturated carbocycles. The highest BCUT2D eigenvalue weighted by atomic mass is 79.9. The van der Waals surface area contributed by atoms with Gasteiger partial charge in [-0.25, -0.2) is 0 Å². The van der Waals surface area contributed by atoms with Crippen molar-refractivity contribution in [3.05, 3.63) is 0 Å². The molecule has 14 heavy (non-hydrogen) atoms. The molecule has 0 aliphatic heterocycles. The Morgan fingerprint density at radius 2 is 1.93 bits per heavy atom. The van der Waals surface area contributed by atoms with Gasteiger partial charge < -0.3 is 4.90 Å². The van der Waals surface area contributed by atoms with Gasteiger partial charge in [0.05, 0.1) is 0 Å². The van der Waals surface area contributed by atoms with Gasteiger partial charge >= 0.3 is 0 Å². The predicted molar refractivity (Wildman–Crippen MR) is 67.0 cm³/mol. The largest absolute Gasteiger partial charge is 0.300 e. The molecule has 1 unspecified atom stereocenters. The Kier molecular flexibility index (Phi) is 5.47. The molecule has 0 saturated heterocycles. The zero-order valence-corrected chi connectivity index (χ0v) is 11.4. The third-order valence-electron chi connectivity index (χ3n) is 2.87. The fourth-order valence-corrected chi connectivity index (χ4v) is 1.94. The Morgan fingerprint density at radius 1 is 1.29 bits per heavy atom. The second-order valence-electron chi connectivity index (χ2n) is 5.17. The molecule has 0 aromatic rings. The van der Waals surface area contributed by atoms with Gasteiger partial charge in [0.2, 0.25) is 0 Å². The minimum Gasteiger partial charge on any atom is -0.300 e. The summed E-state index contributed by atoms with van der Waals surface area (Å²) in [6, 6.07) is 0.926. The molecular formula is C12H24BrN. The molecule has 1 atom stereocenters. The van der Waals surface area contributed by atoms with E-state index in [1.807, 2.05) is 0 Å². The van der Waals surface area contributed by atoms with Crippen molar-refractivity contribution in [3.63, 3.8) is 0 Å². The van der Waals surface area contributed by atoms with Crippen molar-refractivity contribution in [2.45, 2.75) is 46.1 Å². The van der Waals surface area contributed by atoms with Gasteiger partial charge in [0, 0.05) is 17.9 Å². The van der Waals surface area contributed by atoms with Crippen molar-refractivity contribution in [2.75, 3.05) is 18.4 Å². The lowest BCUT2D eigenvalue weighted by atomic mass is 10.1. The van der Waals surface area contributed by atoms with Crippen LogP contribution in [0.3, 0.4) is 0 Å². The minimum atomic E-state index is 0.794. The average molecular weight is 262 g/mol. The number of alkyl halides is 1. The zero-order valence-electron chi connectivity index (χ0n) is 9.80. The Balaban J connectivity index is 2.24. The first-order valence-electron chi connectivity index (χ1n) is 5.93. The highest BCUT2D eigenvalue weighted by Gasteiger charge is 2.29. The van der Waals surface area contributed by atoms with Crippen molar-refractivity contribution >= 4 is 15.9 Å². The van der Waals surface area contributed by atoms with Crippen LogP contribution in [0.2, 0.25) is 0 Å². The predicted octanol–water partition coefficient (Wildman–Crippen LogP) is 3.53. The SMILES string of the molecule is CC(C)CCN(CC(C)CBr)C1CC1. The molecule has 0 aromatic heterocycles. The van der Waals surface area contributed by atoms with Crippen molar-refractivity contribution in [1.82, 2.24) is 4.90 Å². The van der Waals surface area contributed by atoms with E-state index in [0.717, 1.165) is 23.2 Å². The highest BCUT2D eigenvalue weighted by Crippen LogP contribution is 2.28. The van der Waals surface area contributed by atoms with Gasteiger partial charge in [0.25, 0.3) is 0 Å². The van der Waals surface area contributed by atoms with Crippen LogP contribution in [-0.4, -0.2) is 29.4 Å². The van der Waals surface area contributed by atoms with Gasteiger partial charge in [-0.1, -0.05) is 36.7 Å². The maximum Gasteiger partial charge on any atom is 0.00965 e. The topological polar surface area (TPSA) is 3.24 Å². The van der Waals surface area contributed by atoms with Crippen LogP contribution in [0.5, 0.6) is 0 Å². The van der Waals surface area contributed by atoms with Crippen LogP contribution in [0.25, 0.3) is 0 Å². The van der Waals surface area contributed by atoms with Gasteiger partial charge in [-0.15, -0.1) is 0 Å². The smallest absolute Gasteiger partial charge is 0.00965 e. The van der Waals surface area contributed by atoms with Gasteiger partial charge in [0.1, 0.15) is 0 Å². The molecule has 0 radical (unpaired) electrons. The summed E-state index contributed by atoms with van der Waals surface area (Å²) < 4.78 is 0. The average Bonchev–Trinajstić information content (AvgIpc) is 2.94. The van der Waals surface area contributed by atoms with Crippen LogP contribution in [0.15, 0.2) is 0 Å². The van der Waals surface area contributed by atoms with Crippen LogP contribution in [0.4, 0.5) is 0 Å². The van der Waals surface area contributed by atoms with Crippen LogP contribution < -0.4 is 0 Å². The van der Waals surface area contributed by atoms with Crippen molar-refractivity contribution in [1.29, 1.82) is 0 Å². The third kappa shape index (κ3) is 4.79. The fraction of sp³-hybridized carbons (Fsp3) is 1.00. The Morgan fingerprint density at radius 3 is 2.36 bits per heavy atom. The van der Waals surface area contributed by atoms with Crippen LogP contribution in [0.1, 0.15) is 40.0 Å². The first-order valence-corrected chi connectivity index (χ1v) is 7.05. The number of hydrogen-bond donors (Lipinski definition) is 0. The molecule has 0 N–H and O–H groups in total. The van der Waals surface area contributed by atoms with Gasteiger partial charge in [0.15, 0.2) is 0 Å². The molecule has 1 rings (SSSR count). The molecule has 0 spiro atoms. The number of hydrogen-bond acceptors (Lipinski definition) is 1. The van der Waals surface area contributed by atoms with E-state index in [9.17, 15) is 0 Å². The van der Waals surface area contributed by atoms with E-state index in [0.29, 0.717) is 0 Å². The lowest BCUT2D eigenvalue weighted by Gasteiger charge is -2.25. The summed E-state index contributed by atoms with van der Waals surface area (Å²) in [7, 11) is 0. The lowest BCUT2D eigenvalue weighted by Crippen LogP contribution is -2.32. The standard InChI is InChI=1S/C12H24BrN/c1-10(2)6-7-14(12-4-5-12)9-11(3)8-13/h10-12H,4-9H2,1-3H3. The maximum absolute atomic E-state index is 3.57. The zero-order chi connectivity index (χ0) is 10.6. The molecular weight excluding hydrogens is 238 g/mol. The van der Waals surface area contributed by atoms with E-state index in [1.165, 1.54) is 32.4 Å². The Hall–Kier alpha value is 0.440. The highest BCUT2D eigenvalue weighted by molar-refractivity contribution is 9.09. The molecule has 1 aliphatic carbocycles. The monoisotopic (exact) mass is 261 g/mol. The molecule has 0 heterocycles. The third-order valence-corrected chi connectivity index (χ3v) is 3.97. The second kappa shape index (κ2) is 6.12. The Labute approximate surface area is 97.4 Å². The molecule has 2 heteroatoms. The molecule has 1 aliphatic rings. The van der Waals surface area contributed by atoms with Crippen molar-refractivity contribution in [2.24, 2.45) is 11.8 Å². The first kappa shape index (κ1) is 12.5. The number of halogens is 1. The van der Waals surface area contributed by atoms with Gasteiger partial charge in [-0.3, -0.25) is 0 Å². The molecule has 0 aromatic carbocycles. The number of nitrogens with zero attached hydrogens (tertiary/aromatic N) is 1. The minimum absolute atomic E-state index is 0.794. The number of rotatable bonds is 7. The van der Waals surface area contributed by atoms with E-state index >= 15 is 0 Å². The van der Waals surface area contributed by atoms with E-state index in [-0.39, 0.29) is 0 Å². The molecule has 84 valence electrons. The van der Waals surface area contributed by atoms with E-state index < -0.39 is 0 Å². The summed E-state index contributed by atoms with van der Waals surface area (Å²) in [6.07, 6.45) is 4.23. The summed E-state index contributed by atoms with van der Waals surface area (Å²) in [4.78, 5) is 2.70. The molecule has 1 nitrogen and oxygen atoms in total. The van der Waals surface area contributed by atoms with Crippen molar-refractivity contribution in [3.8, 4) is 0 Å². The first-order chi connectivity index (χ1) is 6.63. The van der Waals surface area contributed by atoms with Crippen molar-refractivity contribution < 1.29 is 0 Å². The lowest BCUT2D eigenvalue weighted by molar-refractivity contribution is 0.223. The Bertz CT molecular complexity index is 154.